The summed E-state index contributed by atoms with van der Waals surface area (Å²) in [7, 11) is 0. The molecule has 1 N–H and O–H groups in total. The van der Waals surface area contributed by atoms with Crippen LogP contribution in [0.5, 0.6) is 0 Å². The van der Waals surface area contributed by atoms with Crippen LogP contribution in [0.2, 0.25) is 0 Å². The number of aromatic nitrogens is 2. The molecule has 0 aliphatic heterocycles. The van der Waals surface area contributed by atoms with Crippen molar-refractivity contribution in [2.24, 2.45) is 0 Å². The Balaban J connectivity index is 1.86. The minimum Gasteiger partial charge on any atom is -0.310 e. The molecule has 3 heteroatoms. The molecule has 1 aliphatic rings. The molecule has 0 spiro atoms. The quantitative estimate of drug-likeness (QED) is 0.741. The van der Waals surface area contributed by atoms with E-state index in [0.717, 1.165) is 17.5 Å². The van der Waals surface area contributed by atoms with Gasteiger partial charge in [0.05, 0.1) is 10.9 Å². The molecule has 2 aromatic carbocycles. The van der Waals surface area contributed by atoms with Crippen LogP contribution in [0.3, 0.4) is 0 Å². The Bertz CT molecular complexity index is 924. The van der Waals surface area contributed by atoms with Gasteiger partial charge in [-0.1, -0.05) is 24.3 Å². The van der Waals surface area contributed by atoms with E-state index >= 15 is 0 Å². The topological polar surface area (TPSA) is 45.8 Å². The van der Waals surface area contributed by atoms with Crippen molar-refractivity contribution in [2.75, 3.05) is 0 Å². The molecule has 22 heavy (non-hydrogen) atoms. The lowest BCUT2D eigenvalue weighted by molar-refractivity contribution is 0.686. The van der Waals surface area contributed by atoms with Crippen molar-refractivity contribution in [2.45, 2.75) is 32.6 Å². The predicted molar refractivity (Wildman–Crippen MR) is 89.2 cm³/mol. The zero-order valence-electron chi connectivity index (χ0n) is 12.6. The van der Waals surface area contributed by atoms with E-state index in [4.69, 9.17) is 0 Å². The van der Waals surface area contributed by atoms with Gasteiger partial charge in [0.1, 0.15) is 5.82 Å². The first-order valence-electron chi connectivity index (χ1n) is 7.83. The number of nitrogens with zero attached hydrogens (tertiary/aromatic N) is 1. The molecule has 1 aromatic heterocycles. The Kier molecular flexibility index (Phi) is 3.07. The number of hydrogen-bond donors (Lipinski definition) is 1. The summed E-state index contributed by atoms with van der Waals surface area (Å²) in [4.78, 5) is 19.3. The average molecular weight is 290 g/mol. The maximum absolute atomic E-state index is 12.1. The van der Waals surface area contributed by atoms with Gasteiger partial charge in [-0.05, 0) is 67.0 Å². The molecule has 4 rings (SSSR count). The van der Waals surface area contributed by atoms with Gasteiger partial charge in [0.2, 0.25) is 0 Å². The first-order chi connectivity index (χ1) is 10.7. The SMILES string of the molecule is Cc1nc2ccc(-c3ccc4c(c3)CCCC4)cc2c(=O)[nH]1. The van der Waals surface area contributed by atoms with Crippen molar-refractivity contribution in [3.05, 3.63) is 63.7 Å². The fourth-order valence-electron chi connectivity index (χ4n) is 3.35. The van der Waals surface area contributed by atoms with Gasteiger partial charge in [-0.15, -0.1) is 0 Å². The van der Waals surface area contributed by atoms with E-state index in [1.54, 1.807) is 6.92 Å². The molecule has 1 aliphatic carbocycles. The maximum Gasteiger partial charge on any atom is 0.258 e. The van der Waals surface area contributed by atoms with Crippen molar-refractivity contribution >= 4 is 10.9 Å². The second kappa shape index (κ2) is 5.09. The number of H-pyrrole nitrogens is 1. The number of benzene rings is 2. The third kappa shape index (κ3) is 2.23. The van der Waals surface area contributed by atoms with E-state index in [1.165, 1.54) is 36.0 Å². The summed E-state index contributed by atoms with van der Waals surface area (Å²) in [6, 6.07) is 12.6. The molecule has 1 heterocycles. The van der Waals surface area contributed by atoms with E-state index in [1.807, 2.05) is 12.1 Å². The number of nitrogens with one attached hydrogen (secondary N) is 1. The van der Waals surface area contributed by atoms with Crippen LogP contribution < -0.4 is 5.56 Å². The highest BCUT2D eigenvalue weighted by Crippen LogP contribution is 2.28. The molecule has 3 nitrogen and oxygen atoms in total. The van der Waals surface area contributed by atoms with E-state index in [0.29, 0.717) is 11.2 Å². The molecule has 110 valence electrons. The fourth-order valence-corrected chi connectivity index (χ4v) is 3.35. The van der Waals surface area contributed by atoms with Crippen LogP contribution in [0.25, 0.3) is 22.0 Å². The third-order valence-corrected chi connectivity index (χ3v) is 4.51. The first-order valence-corrected chi connectivity index (χ1v) is 7.83. The standard InChI is InChI=1S/C19H18N2O/c1-12-20-18-9-8-16(11-17(18)19(22)21-12)15-7-6-13-4-2-3-5-14(13)10-15/h6-11H,2-5H2,1H3,(H,20,21,22). The molecule has 3 aromatic rings. The molecule has 0 saturated heterocycles. The monoisotopic (exact) mass is 290 g/mol. The smallest absolute Gasteiger partial charge is 0.258 e. The second-order valence-electron chi connectivity index (χ2n) is 6.07. The fraction of sp³-hybridized carbons (Fsp3) is 0.263. The van der Waals surface area contributed by atoms with Gasteiger partial charge < -0.3 is 4.98 Å². The summed E-state index contributed by atoms with van der Waals surface area (Å²) in [5.41, 5.74) is 5.88. The maximum atomic E-state index is 12.1. The van der Waals surface area contributed by atoms with Gasteiger partial charge in [0, 0.05) is 0 Å². The lowest BCUT2D eigenvalue weighted by Crippen LogP contribution is -2.09. The number of aromatic amines is 1. The highest BCUT2D eigenvalue weighted by atomic mass is 16.1. The average Bonchev–Trinajstić information content (AvgIpc) is 2.54. The van der Waals surface area contributed by atoms with Crippen molar-refractivity contribution in [1.29, 1.82) is 0 Å². The summed E-state index contributed by atoms with van der Waals surface area (Å²) < 4.78 is 0. The lowest BCUT2D eigenvalue weighted by Gasteiger charge is -2.16. The number of hydrogen-bond acceptors (Lipinski definition) is 2. The summed E-state index contributed by atoms with van der Waals surface area (Å²) in [5.74, 6) is 0.652. The molecular formula is C19H18N2O. The molecule has 0 saturated carbocycles. The Morgan fingerprint density at radius 2 is 1.68 bits per heavy atom. The van der Waals surface area contributed by atoms with Gasteiger partial charge in [-0.3, -0.25) is 4.79 Å². The number of fused-ring (bicyclic) bond motifs is 2. The van der Waals surface area contributed by atoms with E-state index < -0.39 is 0 Å². The molecule has 0 unspecified atom stereocenters. The van der Waals surface area contributed by atoms with Gasteiger partial charge in [-0.2, -0.15) is 0 Å². The highest BCUT2D eigenvalue weighted by Gasteiger charge is 2.11. The molecule has 0 atom stereocenters. The van der Waals surface area contributed by atoms with Crippen LogP contribution in [0.1, 0.15) is 29.8 Å². The van der Waals surface area contributed by atoms with Gasteiger partial charge in [-0.25, -0.2) is 4.98 Å². The van der Waals surface area contributed by atoms with Crippen molar-refractivity contribution in [3.8, 4) is 11.1 Å². The highest BCUT2D eigenvalue weighted by molar-refractivity contribution is 5.83. The lowest BCUT2D eigenvalue weighted by atomic mass is 9.89. The summed E-state index contributed by atoms with van der Waals surface area (Å²) >= 11 is 0. The Hall–Kier alpha value is -2.42. The Morgan fingerprint density at radius 1 is 0.955 bits per heavy atom. The number of aryl methyl sites for hydroxylation is 3. The van der Waals surface area contributed by atoms with Crippen LogP contribution >= 0.6 is 0 Å². The van der Waals surface area contributed by atoms with Crippen LogP contribution in [-0.2, 0) is 12.8 Å². The van der Waals surface area contributed by atoms with Gasteiger partial charge in [0.15, 0.2) is 0 Å². The molecule has 0 radical (unpaired) electrons. The molecule has 0 bridgehead atoms. The first kappa shape index (κ1) is 13.3. The Morgan fingerprint density at radius 3 is 2.55 bits per heavy atom. The van der Waals surface area contributed by atoms with Crippen LogP contribution in [0.4, 0.5) is 0 Å². The number of rotatable bonds is 1. The van der Waals surface area contributed by atoms with E-state index in [2.05, 4.69) is 34.2 Å². The summed E-state index contributed by atoms with van der Waals surface area (Å²) in [5, 5.41) is 0.654. The van der Waals surface area contributed by atoms with Gasteiger partial charge >= 0.3 is 0 Å². The van der Waals surface area contributed by atoms with Crippen LogP contribution in [0.15, 0.2) is 41.2 Å². The van der Waals surface area contributed by atoms with Crippen molar-refractivity contribution in [1.82, 2.24) is 9.97 Å². The summed E-state index contributed by atoms with van der Waals surface area (Å²) in [6.45, 7) is 1.80. The summed E-state index contributed by atoms with van der Waals surface area (Å²) in [6.07, 6.45) is 4.92. The molecular weight excluding hydrogens is 272 g/mol. The third-order valence-electron chi connectivity index (χ3n) is 4.51. The van der Waals surface area contributed by atoms with Gasteiger partial charge in [0.25, 0.3) is 5.56 Å². The minimum absolute atomic E-state index is 0.0673. The predicted octanol–water partition coefficient (Wildman–Crippen LogP) is 3.78. The zero-order chi connectivity index (χ0) is 15.1. The van der Waals surface area contributed by atoms with Crippen molar-refractivity contribution < 1.29 is 0 Å². The van der Waals surface area contributed by atoms with Crippen LogP contribution in [0, 0.1) is 6.92 Å². The zero-order valence-corrected chi connectivity index (χ0v) is 12.6. The van der Waals surface area contributed by atoms with Crippen LogP contribution in [-0.4, -0.2) is 9.97 Å². The van der Waals surface area contributed by atoms with Crippen molar-refractivity contribution in [3.63, 3.8) is 0 Å². The molecule has 0 fully saturated rings. The Labute approximate surface area is 129 Å². The molecule has 0 amide bonds. The largest absolute Gasteiger partial charge is 0.310 e. The second-order valence-corrected chi connectivity index (χ2v) is 6.07. The van der Waals surface area contributed by atoms with E-state index in [9.17, 15) is 4.79 Å². The van der Waals surface area contributed by atoms with E-state index in [-0.39, 0.29) is 5.56 Å². The minimum atomic E-state index is -0.0673. The normalized spacial score (nSPS) is 14.0.